The van der Waals surface area contributed by atoms with Gasteiger partial charge in [0.25, 0.3) is 0 Å². The van der Waals surface area contributed by atoms with Gasteiger partial charge < -0.3 is 15.2 Å². The predicted molar refractivity (Wildman–Crippen MR) is 419 cm³/mol. The molecule has 2 radical (unpaired) electrons. The van der Waals surface area contributed by atoms with Gasteiger partial charge in [0.1, 0.15) is 0 Å². The summed E-state index contributed by atoms with van der Waals surface area (Å²) in [7, 11) is 0. The first-order valence-corrected chi connectivity index (χ1v) is 34.7. The average Bonchev–Trinajstić information content (AvgIpc) is 0.915. The van der Waals surface area contributed by atoms with E-state index in [1.54, 1.807) is 0 Å². The maximum absolute atomic E-state index is 11.0. The second-order valence-corrected chi connectivity index (χ2v) is 26.7. The SMILES string of the molecule is CC(=O)C=C(C)O.CC(C)C(=O)C=C(O)C(C)C.Cc1[c-]c(-c2ccc3ccccc3n2)cc(C)c1.Cc1cc2ccccc2[n+]2c1-c1ccccc1C2.Cc1cnc2c3[c-]cc(-c4ccccc4)cc3c3cc(-c4ccccc4)ccc3c2n1.[Ir].[Ir].c1ccc2c(c1)C[n+]1ccc3ccccc3c1-2. The number of aromatic nitrogens is 5. The number of para-hydroxylation sites is 2. The molecular weight excluding hydrogens is 1640 g/mol. The van der Waals surface area contributed by atoms with E-state index in [1.165, 1.54) is 120 Å². The molecule has 9 nitrogen and oxygen atoms in total. The zero-order chi connectivity index (χ0) is 71.6. The van der Waals surface area contributed by atoms with Gasteiger partial charge in [-0.2, -0.15) is 9.13 Å². The number of benzene rings is 11. The smallest absolute Gasteiger partial charge is 0.221 e. The van der Waals surface area contributed by atoms with Crippen molar-refractivity contribution in [3.05, 3.63) is 330 Å². The Bertz CT molecular complexity index is 5670. The fraction of sp³-hybridized carbons (Fsp3) is 0.151. The van der Waals surface area contributed by atoms with Gasteiger partial charge in [0.05, 0.1) is 44.8 Å². The van der Waals surface area contributed by atoms with Crippen LogP contribution in [0.15, 0.2) is 285 Å². The van der Waals surface area contributed by atoms with Crippen LogP contribution in [0.5, 0.6) is 0 Å². The Morgan fingerprint density at radius 1 is 0.510 bits per heavy atom. The molecule has 11 heteroatoms. The molecule has 0 unspecified atom stereocenters. The quantitative estimate of drug-likeness (QED) is 0.0536. The molecule has 0 aliphatic carbocycles. The van der Waals surface area contributed by atoms with Crippen molar-refractivity contribution in [1.82, 2.24) is 15.0 Å². The van der Waals surface area contributed by atoms with Gasteiger partial charge in [-0.1, -0.05) is 239 Å². The summed E-state index contributed by atoms with van der Waals surface area (Å²) in [5.74, 6) is 0.0981. The van der Waals surface area contributed by atoms with Crippen LogP contribution in [0.1, 0.15) is 75.1 Å². The van der Waals surface area contributed by atoms with Crippen molar-refractivity contribution in [2.75, 3.05) is 0 Å². The van der Waals surface area contributed by atoms with E-state index in [4.69, 9.17) is 20.1 Å². The number of aliphatic hydroxyl groups is 2. The number of hydrogen-bond acceptors (Lipinski definition) is 7. The van der Waals surface area contributed by atoms with E-state index in [1.807, 2.05) is 71.1 Å². The van der Waals surface area contributed by atoms with Crippen LogP contribution in [0.2, 0.25) is 0 Å². The second-order valence-electron chi connectivity index (χ2n) is 26.7. The number of fused-ring (bicyclic) bond motifs is 17. The van der Waals surface area contributed by atoms with E-state index in [9.17, 15) is 14.7 Å². The van der Waals surface area contributed by atoms with Crippen molar-refractivity contribution in [3.8, 4) is 56.0 Å². The summed E-state index contributed by atoms with van der Waals surface area (Å²) in [5.41, 5.74) is 24.0. The summed E-state index contributed by atoms with van der Waals surface area (Å²) >= 11 is 0. The number of aryl methyl sites for hydroxylation is 4. The van der Waals surface area contributed by atoms with E-state index in [-0.39, 0.29) is 75.1 Å². The van der Waals surface area contributed by atoms with Gasteiger partial charge in [-0.25, -0.2) is 0 Å². The van der Waals surface area contributed by atoms with Crippen molar-refractivity contribution >= 4 is 76.7 Å². The molecule has 0 atom stereocenters. The van der Waals surface area contributed by atoms with Crippen LogP contribution in [-0.2, 0) is 62.9 Å². The standard InChI is InChI=1S/C29H19N2.2C17H14N.C16H12N.C9H16O2.C5H8O2.2Ir/c1-19-18-30-28-24-14-12-22(20-8-4-2-5-9-20)16-26(24)27-17-23(21-10-6-3-7-11-21)13-15-25(27)29(28)31-19;1-12-10-13-6-3-5-9-16(13)18-11-14-7-2-4-8-15(14)17(12)18;1-12-9-13(2)11-15(10-12)17-8-7-14-5-3-4-6-16(14)18-17;1-3-7-14-12(5-1)9-10-17-11-13-6-2-4-8-15(13)16(14)17;1-6(2)8(10)5-9(11)7(3)4;1-4(6)3-5(2)7;;/h2-13,15-18H,1H3;2-10H,11H2,1H3;3-10H,1-2H3;1-10H,11H2;5-7,10H,1-4H3;3,6H,1-2H3;;/q-1;+1;-1;+1;;;;. The minimum absolute atomic E-state index is 0. The van der Waals surface area contributed by atoms with Crippen LogP contribution >= 0.6 is 0 Å². The number of hydrogen-bond donors (Lipinski definition) is 2. The first kappa shape index (κ1) is 75.9. The van der Waals surface area contributed by atoms with E-state index >= 15 is 0 Å². The number of carbonyl (C=O) groups is 2. The number of pyridine rings is 3. The topological polar surface area (TPSA) is 121 Å². The van der Waals surface area contributed by atoms with Gasteiger partial charge in [0.2, 0.25) is 16.9 Å². The molecule has 2 N–H and O–H groups in total. The predicted octanol–water partition coefficient (Wildman–Crippen LogP) is 21.7. The zero-order valence-electron chi connectivity index (χ0n) is 60.2. The van der Waals surface area contributed by atoms with Gasteiger partial charge in [-0.15, -0.1) is 58.5 Å². The fourth-order valence-corrected chi connectivity index (χ4v) is 13.2. The average molecular weight is 1720 g/mol. The molecule has 11 aromatic carbocycles. The Morgan fingerprint density at radius 3 is 1.78 bits per heavy atom. The molecule has 6 heterocycles. The number of allylic oxidation sites excluding steroid dienone is 4. The van der Waals surface area contributed by atoms with Crippen molar-refractivity contribution in [2.45, 2.75) is 82.3 Å². The first-order chi connectivity index (χ1) is 49.3. The van der Waals surface area contributed by atoms with Gasteiger partial charge in [0.15, 0.2) is 30.9 Å². The molecular formula is C93H83Ir2N5O4. The van der Waals surface area contributed by atoms with Gasteiger partial charge in [0, 0.05) is 110 Å². The number of ketones is 2. The van der Waals surface area contributed by atoms with E-state index < -0.39 is 0 Å². The molecule has 15 aromatic rings. The zero-order valence-corrected chi connectivity index (χ0v) is 65.0. The van der Waals surface area contributed by atoms with Crippen molar-refractivity contribution in [1.29, 1.82) is 0 Å². The molecule has 0 saturated heterocycles. The molecule has 0 saturated carbocycles. The first-order valence-electron chi connectivity index (χ1n) is 34.7. The van der Waals surface area contributed by atoms with E-state index in [0.717, 1.165) is 73.9 Å². The summed E-state index contributed by atoms with van der Waals surface area (Å²) < 4.78 is 4.78. The van der Waals surface area contributed by atoms with Crippen molar-refractivity contribution < 1.29 is 69.1 Å². The third-order valence-electron chi connectivity index (χ3n) is 18.1. The molecule has 2 aliphatic heterocycles. The molecule has 0 fully saturated rings. The van der Waals surface area contributed by atoms with Crippen LogP contribution in [0.4, 0.5) is 0 Å². The number of aliphatic hydroxyl groups excluding tert-OH is 2. The molecule has 104 heavy (non-hydrogen) atoms. The fourth-order valence-electron chi connectivity index (χ4n) is 13.2. The third-order valence-corrected chi connectivity index (χ3v) is 18.1. The van der Waals surface area contributed by atoms with Crippen LogP contribution in [-0.4, -0.2) is 36.7 Å². The van der Waals surface area contributed by atoms with Gasteiger partial charge in [-0.05, 0) is 97.1 Å². The normalized spacial score (nSPS) is 11.6. The van der Waals surface area contributed by atoms with Crippen molar-refractivity contribution in [3.63, 3.8) is 0 Å². The molecule has 4 aromatic heterocycles. The molecule has 0 spiro atoms. The Hall–Kier alpha value is -10.8. The monoisotopic (exact) mass is 1720 g/mol. The molecule has 0 bridgehead atoms. The minimum Gasteiger partial charge on any atom is -0.512 e. The van der Waals surface area contributed by atoms with Crippen LogP contribution in [0, 0.1) is 51.7 Å². The number of nitrogens with zero attached hydrogens (tertiary/aromatic N) is 5. The van der Waals surface area contributed by atoms with Gasteiger partial charge in [-0.3, -0.25) is 19.6 Å². The van der Waals surface area contributed by atoms with Crippen molar-refractivity contribution in [2.24, 2.45) is 11.8 Å². The summed E-state index contributed by atoms with van der Waals surface area (Å²) in [4.78, 5) is 35.3. The maximum Gasteiger partial charge on any atom is 0.221 e. The maximum atomic E-state index is 11.0. The minimum atomic E-state index is -0.125. The Labute approximate surface area is 636 Å². The van der Waals surface area contributed by atoms with Crippen LogP contribution in [0.25, 0.3) is 121 Å². The van der Waals surface area contributed by atoms with Crippen LogP contribution < -0.4 is 9.13 Å². The van der Waals surface area contributed by atoms with Crippen LogP contribution in [0.3, 0.4) is 0 Å². The Balaban J connectivity index is 0.000000141. The van der Waals surface area contributed by atoms with E-state index in [2.05, 4.69) is 267 Å². The summed E-state index contributed by atoms with van der Waals surface area (Å²) in [6.07, 6.45) is 6.51. The molecule has 2 aliphatic rings. The summed E-state index contributed by atoms with van der Waals surface area (Å²) in [6, 6.07) is 94.6. The number of carbonyl (C=O) groups excluding carboxylic acids is 2. The molecule has 0 amide bonds. The third kappa shape index (κ3) is 17.6. The Kier molecular flexibility index (Phi) is 25.1. The molecule has 522 valence electrons. The number of rotatable bonds is 7. The van der Waals surface area contributed by atoms with E-state index in [0.29, 0.717) is 0 Å². The molecule has 17 rings (SSSR count). The Morgan fingerprint density at radius 2 is 1.12 bits per heavy atom. The summed E-state index contributed by atoms with van der Waals surface area (Å²) in [5, 5.41) is 27.2. The second kappa shape index (κ2) is 34.5. The van der Waals surface area contributed by atoms with Gasteiger partial charge >= 0.3 is 0 Å². The largest absolute Gasteiger partial charge is 0.512 e. The summed E-state index contributed by atoms with van der Waals surface area (Å²) in [6.45, 7) is 20.5.